The number of hydrogen-bond donors (Lipinski definition) is 0. The van der Waals surface area contributed by atoms with Crippen molar-refractivity contribution in [3.63, 3.8) is 0 Å². The van der Waals surface area contributed by atoms with Gasteiger partial charge in [0, 0.05) is 43.8 Å². The molecule has 0 aliphatic carbocycles. The van der Waals surface area contributed by atoms with Crippen molar-refractivity contribution in [2.75, 3.05) is 56.7 Å². The molecule has 4 rings (SSSR count). The maximum atomic E-state index is 13.4. The SMILES string of the molecule is COc1ccc(N(C)S(=O)(=O)c2ccc(OC)c(N3CCN(C(=O)c4ccc(Cl)cc4)CC3)c2)cc1. The maximum Gasteiger partial charge on any atom is 0.264 e. The topological polar surface area (TPSA) is 79.4 Å². The summed E-state index contributed by atoms with van der Waals surface area (Å²) in [5.41, 5.74) is 1.77. The molecule has 0 N–H and O–H groups in total. The van der Waals surface area contributed by atoms with E-state index in [9.17, 15) is 13.2 Å². The largest absolute Gasteiger partial charge is 0.497 e. The van der Waals surface area contributed by atoms with Gasteiger partial charge in [-0.05, 0) is 66.7 Å². The van der Waals surface area contributed by atoms with E-state index < -0.39 is 10.0 Å². The number of carbonyl (C=O) groups excluding carboxylic acids is 1. The zero-order valence-electron chi connectivity index (χ0n) is 20.3. The van der Waals surface area contributed by atoms with Crippen LogP contribution >= 0.6 is 11.6 Å². The summed E-state index contributed by atoms with van der Waals surface area (Å²) in [6.45, 7) is 2.06. The standard InChI is InChI=1S/C26H28ClN3O5S/c1-28(21-8-10-22(34-2)11-9-21)36(32,33)23-12-13-25(35-3)24(18-23)29-14-16-30(17-15-29)26(31)19-4-6-20(27)7-5-19/h4-13,18H,14-17H2,1-3H3. The Hall–Kier alpha value is -3.43. The van der Waals surface area contributed by atoms with Crippen LogP contribution in [0.3, 0.4) is 0 Å². The van der Waals surface area contributed by atoms with Crippen molar-refractivity contribution in [1.29, 1.82) is 0 Å². The van der Waals surface area contributed by atoms with E-state index in [-0.39, 0.29) is 10.8 Å². The van der Waals surface area contributed by atoms with Crippen LogP contribution in [0.5, 0.6) is 11.5 Å². The summed E-state index contributed by atoms with van der Waals surface area (Å²) in [6, 6.07) is 18.5. The van der Waals surface area contributed by atoms with Gasteiger partial charge >= 0.3 is 0 Å². The minimum Gasteiger partial charge on any atom is -0.497 e. The van der Waals surface area contributed by atoms with Crippen molar-refractivity contribution in [3.8, 4) is 11.5 Å². The summed E-state index contributed by atoms with van der Waals surface area (Å²) < 4.78 is 38.8. The van der Waals surface area contributed by atoms with E-state index in [2.05, 4.69) is 0 Å². The first-order valence-corrected chi connectivity index (χ1v) is 13.2. The van der Waals surface area contributed by atoms with E-state index in [0.717, 1.165) is 0 Å². The van der Waals surface area contributed by atoms with Crippen LogP contribution in [0.25, 0.3) is 0 Å². The number of hydrogen-bond acceptors (Lipinski definition) is 6. The van der Waals surface area contributed by atoms with E-state index in [1.54, 1.807) is 79.8 Å². The Bertz CT molecular complexity index is 1320. The molecule has 8 nitrogen and oxygen atoms in total. The molecule has 0 unspecified atom stereocenters. The summed E-state index contributed by atoms with van der Waals surface area (Å²) in [4.78, 5) is 16.8. The fourth-order valence-corrected chi connectivity index (χ4v) is 5.43. The molecule has 0 saturated carbocycles. The molecule has 1 heterocycles. The Balaban J connectivity index is 1.53. The Morgan fingerprint density at radius 3 is 2.11 bits per heavy atom. The van der Waals surface area contributed by atoms with Gasteiger partial charge in [0.2, 0.25) is 0 Å². The highest BCUT2D eigenvalue weighted by atomic mass is 35.5. The first-order chi connectivity index (χ1) is 17.2. The highest BCUT2D eigenvalue weighted by Crippen LogP contribution is 2.34. The third kappa shape index (κ3) is 5.22. The molecule has 36 heavy (non-hydrogen) atoms. The van der Waals surface area contributed by atoms with Gasteiger partial charge in [0.1, 0.15) is 11.5 Å². The van der Waals surface area contributed by atoms with E-state index in [0.29, 0.717) is 59.6 Å². The summed E-state index contributed by atoms with van der Waals surface area (Å²) in [6.07, 6.45) is 0. The predicted octanol–water partition coefficient (Wildman–Crippen LogP) is 4.14. The van der Waals surface area contributed by atoms with E-state index >= 15 is 0 Å². The predicted molar refractivity (Wildman–Crippen MR) is 141 cm³/mol. The summed E-state index contributed by atoms with van der Waals surface area (Å²) >= 11 is 5.93. The van der Waals surface area contributed by atoms with Crippen molar-refractivity contribution in [2.45, 2.75) is 4.90 Å². The quantitative estimate of drug-likeness (QED) is 0.457. The summed E-state index contributed by atoms with van der Waals surface area (Å²) in [5, 5.41) is 0.580. The van der Waals surface area contributed by atoms with Gasteiger partial charge in [0.05, 0.1) is 30.5 Å². The van der Waals surface area contributed by atoms with Gasteiger partial charge in [-0.25, -0.2) is 8.42 Å². The van der Waals surface area contributed by atoms with Crippen LogP contribution in [0.1, 0.15) is 10.4 Å². The number of carbonyl (C=O) groups is 1. The molecular weight excluding hydrogens is 502 g/mol. The van der Waals surface area contributed by atoms with Crippen molar-refractivity contribution in [2.24, 2.45) is 0 Å². The third-order valence-electron chi connectivity index (χ3n) is 6.24. The molecule has 1 amide bonds. The Kier molecular flexibility index (Phi) is 7.61. The van der Waals surface area contributed by atoms with Crippen molar-refractivity contribution in [3.05, 3.63) is 77.3 Å². The lowest BCUT2D eigenvalue weighted by Crippen LogP contribution is -2.49. The van der Waals surface area contributed by atoms with Crippen LogP contribution < -0.4 is 18.7 Å². The van der Waals surface area contributed by atoms with Crippen LogP contribution in [0, 0.1) is 0 Å². The number of methoxy groups -OCH3 is 2. The van der Waals surface area contributed by atoms with E-state index in [4.69, 9.17) is 21.1 Å². The normalized spacial score (nSPS) is 13.9. The number of nitrogens with zero attached hydrogens (tertiary/aromatic N) is 3. The smallest absolute Gasteiger partial charge is 0.264 e. The van der Waals surface area contributed by atoms with Gasteiger partial charge in [0.25, 0.3) is 15.9 Å². The number of piperazine rings is 1. The van der Waals surface area contributed by atoms with E-state index in [1.807, 2.05) is 4.90 Å². The van der Waals surface area contributed by atoms with Crippen LogP contribution in [-0.4, -0.2) is 66.7 Å². The van der Waals surface area contributed by atoms with Gasteiger partial charge in [-0.2, -0.15) is 0 Å². The lowest BCUT2D eigenvalue weighted by molar-refractivity contribution is 0.0746. The third-order valence-corrected chi connectivity index (χ3v) is 8.28. The van der Waals surface area contributed by atoms with Crippen LogP contribution in [-0.2, 0) is 10.0 Å². The highest BCUT2D eigenvalue weighted by Gasteiger charge is 2.27. The zero-order chi connectivity index (χ0) is 25.9. The molecule has 3 aromatic carbocycles. The molecule has 1 fully saturated rings. The lowest BCUT2D eigenvalue weighted by atomic mass is 10.1. The maximum absolute atomic E-state index is 13.4. The molecular formula is C26H28ClN3O5S. The fraction of sp³-hybridized carbons (Fsp3) is 0.269. The Morgan fingerprint density at radius 1 is 0.889 bits per heavy atom. The van der Waals surface area contributed by atoms with Crippen LogP contribution in [0.15, 0.2) is 71.6 Å². The Morgan fingerprint density at radius 2 is 1.53 bits per heavy atom. The van der Waals surface area contributed by atoms with E-state index in [1.165, 1.54) is 17.4 Å². The molecule has 1 saturated heterocycles. The van der Waals surface area contributed by atoms with Gasteiger partial charge in [-0.1, -0.05) is 11.6 Å². The number of amides is 1. The fourth-order valence-electron chi connectivity index (χ4n) is 4.09. The highest BCUT2D eigenvalue weighted by molar-refractivity contribution is 7.92. The van der Waals surface area contributed by atoms with Crippen molar-refractivity contribution < 1.29 is 22.7 Å². The summed E-state index contributed by atoms with van der Waals surface area (Å²) in [7, 11) is 0.799. The average Bonchev–Trinajstić information content (AvgIpc) is 2.92. The van der Waals surface area contributed by atoms with Crippen LogP contribution in [0.4, 0.5) is 11.4 Å². The molecule has 190 valence electrons. The summed E-state index contributed by atoms with van der Waals surface area (Å²) in [5.74, 6) is 1.15. The van der Waals surface area contributed by atoms with Gasteiger partial charge in [0.15, 0.2) is 0 Å². The minimum absolute atomic E-state index is 0.0595. The number of halogens is 1. The number of benzene rings is 3. The number of ether oxygens (including phenoxy) is 2. The average molecular weight is 530 g/mol. The van der Waals surface area contributed by atoms with Crippen molar-refractivity contribution >= 4 is 38.9 Å². The molecule has 3 aromatic rings. The lowest BCUT2D eigenvalue weighted by Gasteiger charge is -2.37. The monoisotopic (exact) mass is 529 g/mol. The van der Waals surface area contributed by atoms with Crippen LogP contribution in [0.2, 0.25) is 5.02 Å². The molecule has 0 atom stereocenters. The molecule has 1 aliphatic rings. The first kappa shape index (κ1) is 25.7. The second kappa shape index (κ2) is 10.7. The van der Waals surface area contributed by atoms with Gasteiger partial charge in [-0.15, -0.1) is 0 Å². The number of rotatable bonds is 7. The molecule has 0 bridgehead atoms. The molecule has 0 spiro atoms. The Labute approximate surface area is 216 Å². The second-order valence-corrected chi connectivity index (χ2v) is 10.7. The first-order valence-electron chi connectivity index (χ1n) is 11.4. The number of anilines is 2. The number of sulfonamides is 1. The zero-order valence-corrected chi connectivity index (χ0v) is 21.9. The van der Waals surface area contributed by atoms with Crippen molar-refractivity contribution in [1.82, 2.24) is 4.90 Å². The van der Waals surface area contributed by atoms with Gasteiger partial charge < -0.3 is 19.3 Å². The molecule has 10 heteroatoms. The second-order valence-electron chi connectivity index (χ2n) is 8.29. The molecule has 0 aromatic heterocycles. The molecule has 1 aliphatic heterocycles. The molecule has 0 radical (unpaired) electrons. The minimum atomic E-state index is -3.83. The van der Waals surface area contributed by atoms with Gasteiger partial charge in [-0.3, -0.25) is 9.10 Å².